The summed E-state index contributed by atoms with van der Waals surface area (Å²) in [7, 11) is 0. The minimum Gasteiger partial charge on any atom is -0.310 e. The van der Waals surface area contributed by atoms with E-state index >= 15 is 0 Å². The Hall–Kier alpha value is -3.94. The van der Waals surface area contributed by atoms with Gasteiger partial charge in [-0.25, -0.2) is 4.98 Å². The molecule has 8 nitrogen and oxygen atoms in total. The molecule has 4 heterocycles. The van der Waals surface area contributed by atoms with Crippen molar-refractivity contribution in [3.05, 3.63) is 72.7 Å². The summed E-state index contributed by atoms with van der Waals surface area (Å²) in [6, 6.07) is 11.9. The highest BCUT2D eigenvalue weighted by Crippen LogP contribution is 2.39. The summed E-state index contributed by atoms with van der Waals surface area (Å²) < 4.78 is 2.08. The van der Waals surface area contributed by atoms with Gasteiger partial charge < -0.3 is 9.88 Å². The molecule has 4 aromatic rings. The summed E-state index contributed by atoms with van der Waals surface area (Å²) in [5, 5.41) is 11.1. The molecule has 0 radical (unpaired) electrons. The maximum absolute atomic E-state index is 12.9. The summed E-state index contributed by atoms with van der Waals surface area (Å²) in [5.74, 6) is 1.53. The van der Waals surface area contributed by atoms with Gasteiger partial charge in [-0.05, 0) is 61.6 Å². The van der Waals surface area contributed by atoms with Crippen LogP contribution in [0.2, 0.25) is 0 Å². The van der Waals surface area contributed by atoms with Gasteiger partial charge in [-0.2, -0.15) is 0 Å². The number of rotatable bonds is 6. The highest BCUT2D eigenvalue weighted by molar-refractivity contribution is 6.03. The summed E-state index contributed by atoms with van der Waals surface area (Å²) >= 11 is 0. The number of nitrogens with one attached hydrogen (secondary N) is 1. The van der Waals surface area contributed by atoms with Crippen molar-refractivity contribution in [3.8, 4) is 22.5 Å². The van der Waals surface area contributed by atoms with Gasteiger partial charge >= 0.3 is 0 Å². The average molecular weight is 423 g/mol. The van der Waals surface area contributed by atoms with Gasteiger partial charge in [-0.15, -0.1) is 10.2 Å². The van der Waals surface area contributed by atoms with Gasteiger partial charge in [0, 0.05) is 47.4 Å². The molecule has 32 heavy (non-hydrogen) atoms. The zero-order valence-electron chi connectivity index (χ0n) is 17.3. The lowest BCUT2D eigenvalue weighted by atomic mass is 10.1. The summed E-state index contributed by atoms with van der Waals surface area (Å²) in [4.78, 5) is 26.0. The largest absolute Gasteiger partial charge is 0.310 e. The van der Waals surface area contributed by atoms with Crippen LogP contribution in [0.15, 0.2) is 61.3 Å². The fourth-order valence-corrected chi connectivity index (χ4v) is 3.82. The molecule has 1 amide bonds. The number of amides is 1. The Kier molecular flexibility index (Phi) is 4.49. The van der Waals surface area contributed by atoms with Crippen LogP contribution >= 0.6 is 0 Å². The molecule has 4 aromatic heterocycles. The van der Waals surface area contributed by atoms with Crippen LogP contribution in [0.5, 0.6) is 0 Å². The van der Waals surface area contributed by atoms with Crippen LogP contribution in [0.4, 0.5) is 5.82 Å². The van der Waals surface area contributed by atoms with Crippen molar-refractivity contribution < 1.29 is 4.79 Å². The van der Waals surface area contributed by atoms with Crippen molar-refractivity contribution in [2.75, 3.05) is 5.32 Å². The summed E-state index contributed by atoms with van der Waals surface area (Å²) in [5.41, 5.74) is 4.19. The first-order valence-electron chi connectivity index (χ1n) is 10.8. The lowest BCUT2D eigenvalue weighted by Gasteiger charge is -2.08. The van der Waals surface area contributed by atoms with Crippen molar-refractivity contribution in [2.45, 2.75) is 37.6 Å². The van der Waals surface area contributed by atoms with Crippen molar-refractivity contribution in [2.24, 2.45) is 0 Å². The molecule has 0 atom stereocenters. The summed E-state index contributed by atoms with van der Waals surface area (Å²) in [6.07, 6.45) is 11.6. The highest BCUT2D eigenvalue weighted by atomic mass is 16.1. The molecule has 2 fully saturated rings. The molecule has 8 heteroatoms. The minimum absolute atomic E-state index is 0.317. The third-order valence-corrected chi connectivity index (χ3v) is 5.88. The van der Waals surface area contributed by atoms with Crippen molar-refractivity contribution in [1.29, 1.82) is 0 Å². The van der Waals surface area contributed by atoms with Gasteiger partial charge in [0.2, 0.25) is 0 Å². The molecule has 0 aliphatic heterocycles. The lowest BCUT2D eigenvalue weighted by molar-refractivity contribution is 0.102. The normalized spacial score (nSPS) is 15.5. The molecular formula is C24H21N7O. The van der Waals surface area contributed by atoms with E-state index in [9.17, 15) is 4.79 Å². The zero-order chi connectivity index (χ0) is 21.5. The van der Waals surface area contributed by atoms with Crippen LogP contribution < -0.4 is 5.32 Å². The molecule has 0 aromatic carbocycles. The Balaban J connectivity index is 1.21. The number of aromatic nitrogens is 6. The van der Waals surface area contributed by atoms with Crippen molar-refractivity contribution in [3.63, 3.8) is 0 Å². The average Bonchev–Trinajstić information content (AvgIpc) is 3.78. The van der Waals surface area contributed by atoms with E-state index in [2.05, 4.69) is 47.2 Å². The molecule has 1 N–H and O–H groups in total. The van der Waals surface area contributed by atoms with Crippen molar-refractivity contribution in [1.82, 2.24) is 29.7 Å². The molecule has 0 unspecified atom stereocenters. The monoisotopic (exact) mass is 423 g/mol. The molecule has 2 aliphatic rings. The van der Waals surface area contributed by atoms with E-state index in [1.807, 2.05) is 24.4 Å². The molecule has 158 valence electrons. The Morgan fingerprint density at radius 3 is 2.53 bits per heavy atom. The highest BCUT2D eigenvalue weighted by Gasteiger charge is 2.27. The SMILES string of the molecule is O=C(Nc1cc(-c2nncn2C2CC2)ccn1)c1cc(-c2ccc(C3CC3)nc2)ccn1. The van der Waals surface area contributed by atoms with Crippen LogP contribution in [0.25, 0.3) is 22.5 Å². The van der Waals surface area contributed by atoms with Crippen LogP contribution in [0.3, 0.4) is 0 Å². The van der Waals surface area contributed by atoms with Crippen molar-refractivity contribution >= 4 is 11.7 Å². The molecule has 6 rings (SSSR count). The Bertz CT molecular complexity index is 1290. The first-order chi connectivity index (χ1) is 15.7. The zero-order valence-corrected chi connectivity index (χ0v) is 17.3. The van der Waals surface area contributed by atoms with E-state index in [0.29, 0.717) is 23.5 Å². The predicted molar refractivity (Wildman–Crippen MR) is 119 cm³/mol. The number of anilines is 1. The lowest BCUT2D eigenvalue weighted by Crippen LogP contribution is -2.14. The fourth-order valence-electron chi connectivity index (χ4n) is 3.82. The standard InChI is InChI=1S/C24H21N7O/c32-24(21-11-16(7-9-25-21)18-3-6-20(27-13-18)15-1-2-15)29-22-12-17(8-10-26-22)23-30-28-14-31(23)19-4-5-19/h3,6-15,19H,1-2,4-5H2,(H,26,29,32). The fraction of sp³-hybridized carbons (Fsp3) is 0.250. The maximum atomic E-state index is 12.9. The van der Waals surface area contributed by atoms with Crippen LogP contribution in [-0.4, -0.2) is 35.6 Å². The van der Waals surface area contributed by atoms with Crippen LogP contribution in [-0.2, 0) is 0 Å². The number of hydrogen-bond donors (Lipinski definition) is 1. The van der Waals surface area contributed by atoms with Gasteiger partial charge in [0.1, 0.15) is 17.8 Å². The number of carbonyl (C=O) groups excluding carboxylic acids is 1. The second-order valence-electron chi connectivity index (χ2n) is 8.35. The molecule has 0 bridgehead atoms. The van der Waals surface area contributed by atoms with E-state index in [1.165, 1.54) is 12.8 Å². The Morgan fingerprint density at radius 2 is 1.75 bits per heavy atom. The topological polar surface area (TPSA) is 98.5 Å². The molecule has 0 saturated heterocycles. The first-order valence-corrected chi connectivity index (χ1v) is 10.8. The Morgan fingerprint density at radius 1 is 0.906 bits per heavy atom. The number of pyridine rings is 3. The van der Waals surface area contributed by atoms with Gasteiger partial charge in [-0.1, -0.05) is 6.07 Å². The van der Waals surface area contributed by atoms with Gasteiger partial charge in [0.05, 0.1) is 0 Å². The molecule has 0 spiro atoms. The third kappa shape index (κ3) is 3.75. The number of nitrogens with zero attached hydrogens (tertiary/aromatic N) is 6. The third-order valence-electron chi connectivity index (χ3n) is 5.88. The second-order valence-corrected chi connectivity index (χ2v) is 8.35. The quantitative estimate of drug-likeness (QED) is 0.497. The summed E-state index contributed by atoms with van der Waals surface area (Å²) in [6.45, 7) is 0. The van der Waals surface area contributed by atoms with E-state index in [-0.39, 0.29) is 5.91 Å². The second kappa shape index (κ2) is 7.64. The molecule has 2 saturated carbocycles. The van der Waals surface area contributed by atoms with E-state index < -0.39 is 0 Å². The van der Waals surface area contributed by atoms with E-state index in [1.54, 1.807) is 24.8 Å². The smallest absolute Gasteiger partial charge is 0.275 e. The van der Waals surface area contributed by atoms with E-state index in [4.69, 9.17) is 0 Å². The van der Waals surface area contributed by atoms with E-state index in [0.717, 1.165) is 41.1 Å². The molecule has 2 aliphatic carbocycles. The number of carbonyl (C=O) groups is 1. The predicted octanol–water partition coefficient (Wildman–Crippen LogP) is 4.26. The minimum atomic E-state index is -0.317. The number of hydrogen-bond acceptors (Lipinski definition) is 6. The first kappa shape index (κ1) is 18.8. The molecular weight excluding hydrogens is 402 g/mol. The van der Waals surface area contributed by atoms with Crippen LogP contribution in [0.1, 0.15) is 53.8 Å². The Labute approximate surface area is 184 Å². The van der Waals surface area contributed by atoms with Gasteiger partial charge in [-0.3, -0.25) is 14.8 Å². The van der Waals surface area contributed by atoms with Crippen LogP contribution in [0, 0.1) is 0 Å². The maximum Gasteiger partial charge on any atom is 0.275 e. The van der Waals surface area contributed by atoms with Gasteiger partial charge in [0.25, 0.3) is 5.91 Å². The van der Waals surface area contributed by atoms with Gasteiger partial charge in [0.15, 0.2) is 5.82 Å².